The van der Waals surface area contributed by atoms with Gasteiger partial charge in [0.15, 0.2) is 0 Å². The summed E-state index contributed by atoms with van der Waals surface area (Å²) in [5, 5.41) is 0. The molecule has 1 fully saturated rings. The third-order valence-electron chi connectivity index (χ3n) is 6.24. The highest BCUT2D eigenvalue weighted by atomic mass is 15.2. The molecule has 3 unspecified atom stereocenters. The number of aryl methyl sites for hydroxylation is 1. The number of para-hydroxylation sites is 2. The fourth-order valence-electron chi connectivity index (χ4n) is 4.64. The number of nitrogens with two attached hydrogens (primary N) is 1. The second-order valence-corrected chi connectivity index (χ2v) is 8.08. The molecule has 5 rings (SSSR count). The number of imidazole rings is 1. The topological polar surface area (TPSA) is 70.8 Å². The number of aromatic amines is 1. The van der Waals surface area contributed by atoms with E-state index in [2.05, 4.69) is 40.2 Å². The zero-order valence-corrected chi connectivity index (χ0v) is 15.6. The van der Waals surface area contributed by atoms with Gasteiger partial charge in [0.25, 0.3) is 0 Å². The van der Waals surface area contributed by atoms with Crippen LogP contribution in [0.4, 0.5) is 0 Å². The lowest BCUT2D eigenvalue weighted by Crippen LogP contribution is -2.34. The molecule has 140 valence electrons. The highest BCUT2D eigenvalue weighted by Gasteiger charge is 2.39. The first kappa shape index (κ1) is 16.9. The molecule has 0 aliphatic heterocycles. The van der Waals surface area contributed by atoms with Crippen LogP contribution in [0.2, 0.25) is 0 Å². The van der Waals surface area contributed by atoms with E-state index < -0.39 is 0 Å². The van der Waals surface area contributed by atoms with E-state index in [0.717, 1.165) is 42.9 Å². The van der Waals surface area contributed by atoms with Gasteiger partial charge in [0.2, 0.25) is 0 Å². The third kappa shape index (κ3) is 3.37. The number of hydrogen-bond donors (Lipinski definition) is 2. The van der Waals surface area contributed by atoms with Crippen LogP contribution in [-0.4, -0.2) is 32.9 Å². The van der Waals surface area contributed by atoms with Gasteiger partial charge < -0.3 is 10.7 Å². The molecule has 5 heteroatoms. The highest BCUT2D eigenvalue weighted by molar-refractivity contribution is 5.74. The molecule has 0 bridgehead atoms. The normalized spacial score (nSPS) is 24.3. The summed E-state index contributed by atoms with van der Waals surface area (Å²) in [7, 11) is 0. The molecule has 5 nitrogen and oxygen atoms in total. The number of rotatable bonds is 6. The number of nitrogens with zero attached hydrogens (tertiary/aromatic N) is 3. The Morgan fingerprint density at radius 1 is 1.15 bits per heavy atom. The molecule has 0 radical (unpaired) electrons. The molecule has 3 atom stereocenters. The molecule has 2 aromatic heterocycles. The SMILES string of the molecule is NCC1CC1CN(Cc1nc2ccccc2[nH]1)C1CCCc2cccnc21. The van der Waals surface area contributed by atoms with E-state index >= 15 is 0 Å². The van der Waals surface area contributed by atoms with Gasteiger partial charge in [-0.1, -0.05) is 18.2 Å². The summed E-state index contributed by atoms with van der Waals surface area (Å²) in [4.78, 5) is 15.7. The fraction of sp³-hybridized carbons (Fsp3) is 0.455. The Morgan fingerprint density at radius 2 is 2.07 bits per heavy atom. The molecule has 0 spiro atoms. The summed E-state index contributed by atoms with van der Waals surface area (Å²) >= 11 is 0. The smallest absolute Gasteiger partial charge is 0.121 e. The van der Waals surface area contributed by atoms with Crippen molar-refractivity contribution in [2.24, 2.45) is 17.6 Å². The van der Waals surface area contributed by atoms with Crippen LogP contribution < -0.4 is 5.73 Å². The van der Waals surface area contributed by atoms with E-state index in [1.807, 2.05) is 12.3 Å². The highest BCUT2D eigenvalue weighted by Crippen LogP contribution is 2.41. The predicted molar refractivity (Wildman–Crippen MR) is 107 cm³/mol. The number of hydrogen-bond acceptors (Lipinski definition) is 4. The van der Waals surface area contributed by atoms with Crippen LogP contribution in [0.15, 0.2) is 42.6 Å². The quantitative estimate of drug-likeness (QED) is 0.706. The zero-order valence-electron chi connectivity index (χ0n) is 15.6. The lowest BCUT2D eigenvalue weighted by molar-refractivity contribution is 0.152. The van der Waals surface area contributed by atoms with Gasteiger partial charge in [-0.2, -0.15) is 0 Å². The maximum absolute atomic E-state index is 5.91. The number of pyridine rings is 1. The Bertz CT molecular complexity index is 900. The minimum atomic E-state index is 0.377. The van der Waals surface area contributed by atoms with Crippen molar-refractivity contribution in [1.82, 2.24) is 19.9 Å². The number of H-pyrrole nitrogens is 1. The summed E-state index contributed by atoms with van der Waals surface area (Å²) in [6.07, 6.45) is 6.74. The zero-order chi connectivity index (χ0) is 18.2. The molecular formula is C22H27N5. The summed E-state index contributed by atoms with van der Waals surface area (Å²) in [6, 6.07) is 13.0. The van der Waals surface area contributed by atoms with Gasteiger partial charge in [-0.3, -0.25) is 9.88 Å². The van der Waals surface area contributed by atoms with Crippen molar-refractivity contribution < 1.29 is 0 Å². The number of benzene rings is 1. The van der Waals surface area contributed by atoms with Crippen LogP contribution in [0, 0.1) is 11.8 Å². The van der Waals surface area contributed by atoms with Crippen molar-refractivity contribution in [2.45, 2.75) is 38.3 Å². The molecule has 2 aliphatic rings. The minimum Gasteiger partial charge on any atom is -0.341 e. The average Bonchev–Trinajstić information content (AvgIpc) is 3.34. The molecule has 2 aliphatic carbocycles. The van der Waals surface area contributed by atoms with Gasteiger partial charge in [0.1, 0.15) is 5.82 Å². The van der Waals surface area contributed by atoms with Crippen molar-refractivity contribution in [3.63, 3.8) is 0 Å². The lowest BCUT2D eigenvalue weighted by Gasteiger charge is -2.34. The first-order valence-electron chi connectivity index (χ1n) is 10.1. The molecular weight excluding hydrogens is 334 g/mol. The lowest BCUT2D eigenvalue weighted by atomic mass is 9.90. The third-order valence-corrected chi connectivity index (χ3v) is 6.24. The van der Waals surface area contributed by atoms with Crippen LogP contribution in [0.25, 0.3) is 11.0 Å². The van der Waals surface area contributed by atoms with Crippen molar-refractivity contribution in [1.29, 1.82) is 0 Å². The number of nitrogens with one attached hydrogen (secondary N) is 1. The predicted octanol–water partition coefficient (Wildman–Crippen LogP) is 3.43. The van der Waals surface area contributed by atoms with Gasteiger partial charge in [0.05, 0.1) is 29.3 Å². The van der Waals surface area contributed by atoms with Crippen molar-refractivity contribution in [3.05, 3.63) is 59.7 Å². The summed E-state index contributed by atoms with van der Waals surface area (Å²) in [6.45, 7) is 2.73. The van der Waals surface area contributed by atoms with E-state index in [4.69, 9.17) is 15.7 Å². The largest absolute Gasteiger partial charge is 0.341 e. The Kier molecular flexibility index (Phi) is 4.42. The minimum absolute atomic E-state index is 0.377. The van der Waals surface area contributed by atoms with Gasteiger partial charge >= 0.3 is 0 Å². The molecule has 1 aromatic carbocycles. The van der Waals surface area contributed by atoms with E-state index in [9.17, 15) is 0 Å². The van der Waals surface area contributed by atoms with Crippen LogP contribution >= 0.6 is 0 Å². The maximum atomic E-state index is 5.91. The molecule has 27 heavy (non-hydrogen) atoms. The monoisotopic (exact) mass is 361 g/mol. The second kappa shape index (κ2) is 7.06. The molecule has 3 aromatic rings. The average molecular weight is 361 g/mol. The van der Waals surface area contributed by atoms with E-state index in [0.29, 0.717) is 17.9 Å². The van der Waals surface area contributed by atoms with Crippen LogP contribution in [0.5, 0.6) is 0 Å². The van der Waals surface area contributed by atoms with Crippen LogP contribution in [0.1, 0.15) is 42.4 Å². The molecule has 0 amide bonds. The standard InChI is InChI=1S/C22H27N5/c23-12-16-11-17(16)13-27(14-21-25-18-7-1-2-8-19(18)26-21)20-9-3-5-15-6-4-10-24-22(15)20/h1-2,4,6-8,10,16-17,20H,3,5,9,11-14,23H2,(H,25,26). The first-order chi connectivity index (χ1) is 13.3. The van der Waals surface area contributed by atoms with Gasteiger partial charge in [-0.05, 0) is 67.8 Å². The molecule has 1 saturated carbocycles. The molecule has 2 heterocycles. The van der Waals surface area contributed by atoms with Crippen molar-refractivity contribution in [3.8, 4) is 0 Å². The van der Waals surface area contributed by atoms with Gasteiger partial charge in [-0.15, -0.1) is 0 Å². The van der Waals surface area contributed by atoms with Crippen LogP contribution in [0.3, 0.4) is 0 Å². The van der Waals surface area contributed by atoms with Crippen molar-refractivity contribution in [2.75, 3.05) is 13.1 Å². The Labute approximate surface area is 160 Å². The second-order valence-electron chi connectivity index (χ2n) is 8.08. The Hall–Kier alpha value is -2.24. The molecule has 0 saturated heterocycles. The van der Waals surface area contributed by atoms with E-state index in [1.165, 1.54) is 30.5 Å². The summed E-state index contributed by atoms with van der Waals surface area (Å²) in [5.74, 6) is 2.45. The Balaban J connectivity index is 1.44. The van der Waals surface area contributed by atoms with Crippen LogP contribution in [-0.2, 0) is 13.0 Å². The number of fused-ring (bicyclic) bond motifs is 2. The van der Waals surface area contributed by atoms with Gasteiger partial charge in [-0.25, -0.2) is 4.98 Å². The van der Waals surface area contributed by atoms with E-state index in [1.54, 1.807) is 0 Å². The molecule has 3 N–H and O–H groups in total. The van der Waals surface area contributed by atoms with Gasteiger partial charge in [0, 0.05) is 12.7 Å². The summed E-state index contributed by atoms with van der Waals surface area (Å²) in [5.41, 5.74) is 10.7. The fourth-order valence-corrected chi connectivity index (χ4v) is 4.64. The van der Waals surface area contributed by atoms with E-state index in [-0.39, 0.29) is 0 Å². The first-order valence-corrected chi connectivity index (χ1v) is 10.1. The summed E-state index contributed by atoms with van der Waals surface area (Å²) < 4.78 is 0. The number of aromatic nitrogens is 3. The maximum Gasteiger partial charge on any atom is 0.121 e. The Morgan fingerprint density at radius 3 is 2.93 bits per heavy atom. The van der Waals surface area contributed by atoms with Crippen molar-refractivity contribution >= 4 is 11.0 Å².